The average molecular weight is 285 g/mol. The lowest BCUT2D eigenvalue weighted by atomic mass is 9.69. The Morgan fingerprint density at radius 3 is 2.50 bits per heavy atom. The van der Waals surface area contributed by atoms with Crippen LogP contribution in [0.5, 0.6) is 0 Å². The van der Waals surface area contributed by atoms with E-state index in [1.165, 1.54) is 0 Å². The number of hydrogen-bond donors (Lipinski definition) is 4. The number of amides is 1. The zero-order valence-corrected chi connectivity index (χ0v) is 12.6. The molecule has 0 saturated heterocycles. The maximum Gasteiger partial charge on any atom is 0.324 e. The number of carboxylic acids is 1. The maximum absolute atomic E-state index is 11.8. The molecular formula is C14H27N3O3. The molecule has 0 aromatic carbocycles. The first-order valence-electron chi connectivity index (χ1n) is 7.24. The first-order chi connectivity index (χ1) is 9.18. The number of aliphatic carboxylic acids is 1. The summed E-state index contributed by atoms with van der Waals surface area (Å²) in [5.74, 6) is -1.15. The molecule has 20 heavy (non-hydrogen) atoms. The highest BCUT2D eigenvalue weighted by Crippen LogP contribution is 2.35. The first kappa shape index (κ1) is 16.9. The molecule has 0 aliphatic heterocycles. The molecule has 1 aliphatic rings. The van der Waals surface area contributed by atoms with Crippen LogP contribution in [0.4, 0.5) is 0 Å². The molecule has 0 radical (unpaired) electrons. The standard InChI is InChI=1S/C14H27N3O3/c1-8(2)11(15)12(18)17-7-10-5-4-9(3)6-14(10,16)13(19)20/h8-11H,4-7,15-16H2,1-3H3,(H,17,18)(H,19,20)/t9-,10+,11-,14-/m1/s1. The van der Waals surface area contributed by atoms with E-state index >= 15 is 0 Å². The predicted molar refractivity (Wildman–Crippen MR) is 76.9 cm³/mol. The van der Waals surface area contributed by atoms with Crippen molar-refractivity contribution in [1.82, 2.24) is 5.32 Å². The van der Waals surface area contributed by atoms with E-state index in [9.17, 15) is 14.7 Å². The van der Waals surface area contributed by atoms with Crippen LogP contribution in [-0.4, -0.2) is 35.1 Å². The van der Waals surface area contributed by atoms with Gasteiger partial charge in [-0.15, -0.1) is 0 Å². The zero-order valence-electron chi connectivity index (χ0n) is 12.6. The second-order valence-corrected chi connectivity index (χ2v) is 6.44. The van der Waals surface area contributed by atoms with Crippen molar-refractivity contribution in [2.75, 3.05) is 6.54 Å². The summed E-state index contributed by atoms with van der Waals surface area (Å²) in [5, 5.41) is 12.1. The van der Waals surface area contributed by atoms with Gasteiger partial charge in [-0.1, -0.05) is 27.2 Å². The SMILES string of the molecule is CC(C)[C@@H](N)C(=O)NC[C@@H]1CC[C@@H](C)C[C@]1(N)C(=O)O. The van der Waals surface area contributed by atoms with Crippen molar-refractivity contribution >= 4 is 11.9 Å². The van der Waals surface area contributed by atoms with Gasteiger partial charge >= 0.3 is 5.97 Å². The molecule has 0 aromatic rings. The molecule has 0 unspecified atom stereocenters. The fourth-order valence-corrected chi connectivity index (χ4v) is 2.78. The number of carbonyl (C=O) groups excluding carboxylic acids is 1. The minimum Gasteiger partial charge on any atom is -0.480 e. The van der Waals surface area contributed by atoms with E-state index in [1.54, 1.807) is 0 Å². The fraction of sp³-hybridized carbons (Fsp3) is 0.857. The molecule has 1 amide bonds. The minimum atomic E-state index is -1.26. The lowest BCUT2D eigenvalue weighted by molar-refractivity contribution is -0.148. The highest BCUT2D eigenvalue weighted by Gasteiger charge is 2.46. The number of hydrogen-bond acceptors (Lipinski definition) is 4. The minimum absolute atomic E-state index is 0.0449. The van der Waals surface area contributed by atoms with Crippen LogP contribution in [-0.2, 0) is 9.59 Å². The van der Waals surface area contributed by atoms with Gasteiger partial charge in [-0.2, -0.15) is 0 Å². The molecular weight excluding hydrogens is 258 g/mol. The molecule has 6 N–H and O–H groups in total. The number of carboxylic acid groups (broad SMARTS) is 1. The van der Waals surface area contributed by atoms with Crippen molar-refractivity contribution in [3.8, 4) is 0 Å². The van der Waals surface area contributed by atoms with Crippen LogP contribution in [0.3, 0.4) is 0 Å². The van der Waals surface area contributed by atoms with Crippen molar-refractivity contribution in [3.63, 3.8) is 0 Å². The summed E-state index contributed by atoms with van der Waals surface area (Å²) in [6.07, 6.45) is 2.09. The van der Waals surface area contributed by atoms with Gasteiger partial charge in [0.1, 0.15) is 5.54 Å². The lowest BCUT2D eigenvalue weighted by Crippen LogP contribution is -2.60. The molecule has 0 heterocycles. The van der Waals surface area contributed by atoms with E-state index in [1.807, 2.05) is 20.8 Å². The van der Waals surface area contributed by atoms with E-state index in [0.717, 1.165) is 6.42 Å². The highest BCUT2D eigenvalue weighted by molar-refractivity contribution is 5.82. The Bertz CT molecular complexity index is 373. The predicted octanol–water partition coefficient (Wildman–Crippen LogP) is 0.304. The summed E-state index contributed by atoms with van der Waals surface area (Å²) in [7, 11) is 0. The molecule has 6 heteroatoms. The molecule has 0 spiro atoms. The molecule has 1 rings (SSSR count). The van der Waals surface area contributed by atoms with Crippen molar-refractivity contribution in [1.29, 1.82) is 0 Å². The van der Waals surface area contributed by atoms with Crippen LogP contribution in [0.25, 0.3) is 0 Å². The number of rotatable bonds is 5. The Morgan fingerprint density at radius 2 is 2.00 bits per heavy atom. The Balaban J connectivity index is 2.66. The van der Waals surface area contributed by atoms with Gasteiger partial charge in [-0.25, -0.2) is 0 Å². The van der Waals surface area contributed by atoms with Gasteiger partial charge < -0.3 is 21.9 Å². The summed E-state index contributed by atoms with van der Waals surface area (Å²) in [6.45, 7) is 6.02. The van der Waals surface area contributed by atoms with Gasteiger partial charge in [0.2, 0.25) is 5.91 Å². The number of nitrogens with two attached hydrogens (primary N) is 2. The second kappa shape index (κ2) is 6.54. The van der Waals surface area contributed by atoms with Crippen molar-refractivity contribution in [3.05, 3.63) is 0 Å². The third-order valence-electron chi connectivity index (χ3n) is 4.36. The van der Waals surface area contributed by atoms with E-state index in [4.69, 9.17) is 11.5 Å². The Morgan fingerprint density at radius 1 is 1.40 bits per heavy atom. The smallest absolute Gasteiger partial charge is 0.324 e. The van der Waals surface area contributed by atoms with E-state index < -0.39 is 17.6 Å². The zero-order chi connectivity index (χ0) is 15.5. The molecule has 1 fully saturated rings. The second-order valence-electron chi connectivity index (χ2n) is 6.44. The van der Waals surface area contributed by atoms with Gasteiger partial charge in [-0.05, 0) is 24.7 Å². The summed E-state index contributed by atoms with van der Waals surface area (Å²) < 4.78 is 0. The Hall–Kier alpha value is -1.14. The Kier molecular flexibility index (Phi) is 5.53. The largest absolute Gasteiger partial charge is 0.480 e. The van der Waals surface area contributed by atoms with Crippen molar-refractivity contribution in [2.45, 2.75) is 51.6 Å². The molecule has 4 atom stereocenters. The number of carbonyl (C=O) groups is 2. The third kappa shape index (κ3) is 3.70. The van der Waals surface area contributed by atoms with Gasteiger partial charge in [-0.3, -0.25) is 9.59 Å². The van der Waals surface area contributed by atoms with Gasteiger partial charge in [0.05, 0.1) is 6.04 Å². The van der Waals surface area contributed by atoms with Crippen LogP contribution < -0.4 is 16.8 Å². The van der Waals surface area contributed by atoms with E-state index in [-0.39, 0.29) is 24.3 Å². The molecule has 0 aromatic heterocycles. The summed E-state index contributed by atoms with van der Waals surface area (Å²) in [6, 6.07) is -0.575. The van der Waals surface area contributed by atoms with Crippen molar-refractivity contribution < 1.29 is 14.7 Å². The summed E-state index contributed by atoms with van der Waals surface area (Å²) >= 11 is 0. The molecule has 6 nitrogen and oxygen atoms in total. The topological polar surface area (TPSA) is 118 Å². The van der Waals surface area contributed by atoms with Crippen LogP contribution in [0.15, 0.2) is 0 Å². The average Bonchev–Trinajstić information content (AvgIpc) is 2.36. The fourth-order valence-electron chi connectivity index (χ4n) is 2.78. The summed E-state index contributed by atoms with van der Waals surface area (Å²) in [4.78, 5) is 23.3. The first-order valence-corrected chi connectivity index (χ1v) is 7.24. The maximum atomic E-state index is 11.8. The third-order valence-corrected chi connectivity index (χ3v) is 4.36. The Labute approximate surface area is 120 Å². The van der Waals surface area contributed by atoms with Crippen LogP contribution in [0.1, 0.15) is 40.0 Å². The van der Waals surface area contributed by atoms with Gasteiger partial charge in [0.15, 0.2) is 0 Å². The highest BCUT2D eigenvalue weighted by atomic mass is 16.4. The van der Waals surface area contributed by atoms with Crippen molar-refractivity contribution in [2.24, 2.45) is 29.2 Å². The molecule has 0 bridgehead atoms. The van der Waals surface area contributed by atoms with Crippen LogP contribution >= 0.6 is 0 Å². The molecule has 1 saturated carbocycles. The van der Waals surface area contributed by atoms with Crippen LogP contribution in [0.2, 0.25) is 0 Å². The van der Waals surface area contributed by atoms with Crippen LogP contribution in [0, 0.1) is 17.8 Å². The van der Waals surface area contributed by atoms with Gasteiger partial charge in [0.25, 0.3) is 0 Å². The normalized spacial score (nSPS) is 31.9. The monoisotopic (exact) mass is 285 g/mol. The lowest BCUT2D eigenvalue weighted by Gasteiger charge is -2.40. The molecule has 1 aliphatic carbocycles. The van der Waals surface area contributed by atoms with E-state index in [0.29, 0.717) is 18.8 Å². The quantitative estimate of drug-likeness (QED) is 0.579. The van der Waals surface area contributed by atoms with E-state index in [2.05, 4.69) is 5.32 Å². The molecule has 116 valence electrons. The number of nitrogens with one attached hydrogen (secondary N) is 1. The van der Waals surface area contributed by atoms with Gasteiger partial charge in [0, 0.05) is 12.5 Å². The summed E-state index contributed by atoms with van der Waals surface area (Å²) in [5.41, 5.74) is 10.6.